The Morgan fingerprint density at radius 2 is 2.03 bits per heavy atom. The second kappa shape index (κ2) is 9.22. The highest BCUT2D eigenvalue weighted by atomic mass is 79.9. The number of nitrogens with zero attached hydrogens (tertiary/aromatic N) is 2. The average molecular weight is 480 g/mol. The molecule has 2 aromatic heterocycles. The van der Waals surface area contributed by atoms with Crippen molar-refractivity contribution < 1.29 is 13.9 Å². The number of anilines is 1. The molecule has 0 aliphatic rings. The number of nitrogens with one attached hydrogen (secondary N) is 1. The lowest BCUT2D eigenvalue weighted by atomic mass is 10.1. The number of carbonyl (C=O) groups excluding carboxylic acids is 1. The van der Waals surface area contributed by atoms with Gasteiger partial charge in [0.15, 0.2) is 5.76 Å². The predicted octanol–water partition coefficient (Wildman–Crippen LogP) is 5.74. The average Bonchev–Trinajstić information content (AvgIpc) is 3.38. The van der Waals surface area contributed by atoms with E-state index in [4.69, 9.17) is 9.15 Å². The number of ether oxygens (including phenoxy) is 1. The number of carbonyl (C=O) groups is 1. The number of amides is 1. The van der Waals surface area contributed by atoms with Crippen molar-refractivity contribution in [3.63, 3.8) is 0 Å². The Morgan fingerprint density at radius 3 is 2.84 bits per heavy atom. The fourth-order valence-corrected chi connectivity index (χ4v) is 3.47. The molecule has 2 heterocycles. The van der Waals surface area contributed by atoms with Gasteiger partial charge in [0.25, 0.3) is 5.91 Å². The van der Waals surface area contributed by atoms with Gasteiger partial charge in [-0.3, -0.25) is 9.48 Å². The van der Waals surface area contributed by atoms with Crippen LogP contribution in [-0.2, 0) is 13.2 Å². The molecule has 0 aliphatic carbocycles. The van der Waals surface area contributed by atoms with Gasteiger partial charge in [0.2, 0.25) is 0 Å². The summed E-state index contributed by atoms with van der Waals surface area (Å²) in [7, 11) is 0. The van der Waals surface area contributed by atoms with Gasteiger partial charge < -0.3 is 14.5 Å². The number of hydrogen-bond acceptors (Lipinski definition) is 4. The van der Waals surface area contributed by atoms with Crippen LogP contribution in [0.15, 0.2) is 75.9 Å². The molecule has 0 saturated heterocycles. The first-order chi connectivity index (χ1) is 15.0. The lowest BCUT2D eigenvalue weighted by Gasteiger charge is -2.08. The first-order valence-corrected chi connectivity index (χ1v) is 10.6. The van der Waals surface area contributed by atoms with Crippen LogP contribution in [0.2, 0.25) is 0 Å². The highest BCUT2D eigenvalue weighted by Crippen LogP contribution is 2.21. The molecule has 0 aliphatic heterocycles. The summed E-state index contributed by atoms with van der Waals surface area (Å²) in [5.41, 5.74) is 3.90. The number of rotatable bonds is 7. The smallest absolute Gasteiger partial charge is 0.291 e. The van der Waals surface area contributed by atoms with E-state index < -0.39 is 0 Å². The summed E-state index contributed by atoms with van der Waals surface area (Å²) in [6.07, 6.45) is 3.64. The molecule has 6 nitrogen and oxygen atoms in total. The minimum Gasteiger partial charge on any atom is -0.485 e. The van der Waals surface area contributed by atoms with Crippen molar-refractivity contribution >= 4 is 27.5 Å². The molecule has 31 heavy (non-hydrogen) atoms. The van der Waals surface area contributed by atoms with Gasteiger partial charge in [-0.25, -0.2) is 0 Å². The second-order valence-corrected chi connectivity index (χ2v) is 8.25. The molecule has 0 saturated carbocycles. The van der Waals surface area contributed by atoms with Crippen molar-refractivity contribution in [2.45, 2.75) is 27.0 Å². The normalized spacial score (nSPS) is 10.8. The van der Waals surface area contributed by atoms with E-state index in [1.54, 1.807) is 18.3 Å². The van der Waals surface area contributed by atoms with E-state index >= 15 is 0 Å². The van der Waals surface area contributed by atoms with Gasteiger partial charge in [0, 0.05) is 11.9 Å². The van der Waals surface area contributed by atoms with Gasteiger partial charge >= 0.3 is 0 Å². The largest absolute Gasteiger partial charge is 0.485 e. The van der Waals surface area contributed by atoms with Crippen LogP contribution in [0.1, 0.15) is 33.0 Å². The third-order valence-corrected chi connectivity index (χ3v) is 5.14. The molecule has 1 amide bonds. The number of aromatic nitrogens is 2. The standard InChI is InChI=1S/C24H22BrN3O3/c1-16-6-7-17(2)23(10-16)30-15-21-8-9-22(31-21)24(29)27-20-5-3-4-18(11-20)13-28-14-19(25)12-26-28/h3-12,14H,13,15H2,1-2H3,(H,27,29). The Hall–Kier alpha value is -3.32. The predicted molar refractivity (Wildman–Crippen MR) is 122 cm³/mol. The van der Waals surface area contributed by atoms with Gasteiger partial charge in [-0.1, -0.05) is 24.3 Å². The topological polar surface area (TPSA) is 69.3 Å². The first kappa shape index (κ1) is 20.9. The van der Waals surface area contributed by atoms with Crippen LogP contribution >= 0.6 is 15.9 Å². The second-order valence-electron chi connectivity index (χ2n) is 7.33. The summed E-state index contributed by atoms with van der Waals surface area (Å²) in [6.45, 7) is 4.88. The zero-order chi connectivity index (χ0) is 21.8. The van der Waals surface area contributed by atoms with E-state index in [9.17, 15) is 4.79 Å². The fourth-order valence-electron chi connectivity index (χ4n) is 3.14. The molecule has 4 rings (SSSR count). The maximum absolute atomic E-state index is 12.6. The van der Waals surface area contributed by atoms with Crippen molar-refractivity contribution in [1.82, 2.24) is 9.78 Å². The molecular weight excluding hydrogens is 458 g/mol. The van der Waals surface area contributed by atoms with Crippen LogP contribution in [0, 0.1) is 13.8 Å². The third kappa shape index (κ3) is 5.44. The summed E-state index contributed by atoms with van der Waals surface area (Å²) in [4.78, 5) is 12.6. The SMILES string of the molecule is Cc1ccc(C)c(OCc2ccc(C(=O)Nc3cccc(Cn4cc(Br)cn4)c3)o2)c1. The quantitative estimate of drug-likeness (QED) is 0.367. The first-order valence-electron chi connectivity index (χ1n) is 9.83. The summed E-state index contributed by atoms with van der Waals surface area (Å²) in [5.74, 6) is 1.32. The zero-order valence-corrected chi connectivity index (χ0v) is 18.8. The van der Waals surface area contributed by atoms with Crippen LogP contribution in [0.4, 0.5) is 5.69 Å². The van der Waals surface area contributed by atoms with Crippen molar-refractivity contribution in [3.8, 4) is 5.75 Å². The maximum atomic E-state index is 12.6. The van der Waals surface area contributed by atoms with Crippen molar-refractivity contribution in [3.05, 3.63) is 99.7 Å². The zero-order valence-electron chi connectivity index (χ0n) is 17.3. The fraction of sp³-hybridized carbons (Fsp3) is 0.167. The number of hydrogen-bond donors (Lipinski definition) is 1. The van der Waals surface area contributed by atoms with Gasteiger partial charge in [-0.15, -0.1) is 0 Å². The van der Waals surface area contributed by atoms with E-state index in [1.165, 1.54) is 0 Å². The Bertz CT molecular complexity index is 1210. The van der Waals surface area contributed by atoms with E-state index in [1.807, 2.05) is 67.2 Å². The molecule has 0 unspecified atom stereocenters. The minimum atomic E-state index is -0.308. The number of halogens is 1. The van der Waals surface area contributed by atoms with Gasteiger partial charge in [-0.05, 0) is 76.8 Å². The monoisotopic (exact) mass is 479 g/mol. The Labute approximate surface area is 189 Å². The van der Waals surface area contributed by atoms with E-state index in [0.29, 0.717) is 18.0 Å². The van der Waals surface area contributed by atoms with Crippen LogP contribution in [-0.4, -0.2) is 15.7 Å². The molecule has 0 fully saturated rings. The van der Waals surface area contributed by atoms with Crippen molar-refractivity contribution in [1.29, 1.82) is 0 Å². The van der Waals surface area contributed by atoms with Crippen molar-refractivity contribution in [2.24, 2.45) is 0 Å². The van der Waals surface area contributed by atoms with E-state index in [0.717, 1.165) is 26.9 Å². The molecule has 0 atom stereocenters. The minimum absolute atomic E-state index is 0.237. The number of furan rings is 1. The van der Waals surface area contributed by atoms with Gasteiger partial charge in [0.05, 0.1) is 17.2 Å². The maximum Gasteiger partial charge on any atom is 0.291 e. The van der Waals surface area contributed by atoms with Crippen LogP contribution in [0.3, 0.4) is 0 Å². The van der Waals surface area contributed by atoms with Gasteiger partial charge in [0.1, 0.15) is 18.1 Å². The molecule has 158 valence electrons. The summed E-state index contributed by atoms with van der Waals surface area (Å²) in [6, 6.07) is 17.1. The molecule has 2 aromatic carbocycles. The van der Waals surface area contributed by atoms with Gasteiger partial charge in [-0.2, -0.15) is 5.10 Å². The van der Waals surface area contributed by atoms with E-state index in [-0.39, 0.29) is 18.3 Å². The van der Waals surface area contributed by atoms with E-state index in [2.05, 4.69) is 26.3 Å². The molecule has 0 bridgehead atoms. The molecular formula is C24H22BrN3O3. The van der Waals surface area contributed by atoms with Crippen LogP contribution in [0.5, 0.6) is 5.75 Å². The van der Waals surface area contributed by atoms with Crippen molar-refractivity contribution in [2.75, 3.05) is 5.32 Å². The van der Waals surface area contributed by atoms with Crippen LogP contribution < -0.4 is 10.1 Å². The van der Waals surface area contributed by atoms with Crippen LogP contribution in [0.25, 0.3) is 0 Å². The molecule has 7 heteroatoms. The lowest BCUT2D eigenvalue weighted by molar-refractivity contribution is 0.0992. The Balaban J connectivity index is 1.37. The molecule has 4 aromatic rings. The summed E-state index contributed by atoms with van der Waals surface area (Å²) in [5, 5.41) is 7.14. The third-order valence-electron chi connectivity index (χ3n) is 4.73. The Kier molecular flexibility index (Phi) is 6.23. The number of aryl methyl sites for hydroxylation is 2. The summed E-state index contributed by atoms with van der Waals surface area (Å²) >= 11 is 3.39. The number of benzene rings is 2. The highest BCUT2D eigenvalue weighted by Gasteiger charge is 2.13. The highest BCUT2D eigenvalue weighted by molar-refractivity contribution is 9.10. The summed E-state index contributed by atoms with van der Waals surface area (Å²) < 4.78 is 14.3. The Morgan fingerprint density at radius 1 is 1.16 bits per heavy atom. The molecule has 1 N–H and O–H groups in total. The molecule has 0 radical (unpaired) electrons. The lowest BCUT2D eigenvalue weighted by Crippen LogP contribution is -2.11. The molecule has 0 spiro atoms.